The van der Waals surface area contributed by atoms with Gasteiger partial charge in [0.1, 0.15) is 0 Å². The molecule has 4 heteroatoms. The molecule has 2 rings (SSSR count). The van der Waals surface area contributed by atoms with E-state index in [1.54, 1.807) is 11.3 Å². The first-order valence-corrected chi connectivity index (χ1v) is 8.60. The van der Waals surface area contributed by atoms with Gasteiger partial charge >= 0.3 is 0 Å². The lowest BCUT2D eigenvalue weighted by Crippen LogP contribution is -2.27. The van der Waals surface area contributed by atoms with Crippen LogP contribution in [0.25, 0.3) is 0 Å². The lowest BCUT2D eigenvalue weighted by Gasteiger charge is -2.31. The van der Waals surface area contributed by atoms with Crippen molar-refractivity contribution >= 4 is 11.3 Å². The maximum absolute atomic E-state index is 9.25. The number of nitrogens with two attached hydrogens (primary N) is 1. The van der Waals surface area contributed by atoms with Gasteiger partial charge in [0.05, 0.1) is 10.7 Å². The number of aromatic nitrogens is 1. The van der Waals surface area contributed by atoms with Crippen molar-refractivity contribution in [1.29, 1.82) is 0 Å². The molecule has 1 fully saturated rings. The van der Waals surface area contributed by atoms with E-state index >= 15 is 0 Å². The average Bonchev–Trinajstić information content (AvgIpc) is 2.90. The first-order valence-electron chi connectivity index (χ1n) is 7.72. The predicted molar refractivity (Wildman–Crippen MR) is 85.1 cm³/mol. The normalized spacial score (nSPS) is 25.6. The molecule has 1 aromatic heterocycles. The lowest BCUT2D eigenvalue weighted by molar-refractivity contribution is 0.158. The summed E-state index contributed by atoms with van der Waals surface area (Å²) >= 11 is 1.77. The molecule has 114 valence electrons. The van der Waals surface area contributed by atoms with Crippen molar-refractivity contribution in [2.24, 2.45) is 17.6 Å². The van der Waals surface area contributed by atoms with Crippen molar-refractivity contribution < 1.29 is 5.11 Å². The molecule has 1 aromatic rings. The van der Waals surface area contributed by atoms with Gasteiger partial charge in [-0.25, -0.2) is 4.98 Å². The third kappa shape index (κ3) is 3.60. The molecule has 1 heterocycles. The summed E-state index contributed by atoms with van der Waals surface area (Å²) in [7, 11) is 0. The van der Waals surface area contributed by atoms with Crippen molar-refractivity contribution in [1.82, 2.24) is 4.98 Å². The van der Waals surface area contributed by atoms with Gasteiger partial charge in [-0.1, -0.05) is 20.8 Å². The highest BCUT2D eigenvalue weighted by atomic mass is 32.1. The van der Waals surface area contributed by atoms with Crippen LogP contribution in [-0.2, 0) is 5.41 Å². The van der Waals surface area contributed by atoms with E-state index in [0.717, 1.165) is 12.8 Å². The van der Waals surface area contributed by atoms with Crippen molar-refractivity contribution in [2.45, 2.75) is 57.8 Å². The van der Waals surface area contributed by atoms with E-state index in [0.29, 0.717) is 30.9 Å². The molecule has 1 unspecified atom stereocenters. The Hall–Kier alpha value is -0.450. The molecule has 0 amide bonds. The number of rotatable bonds is 4. The fraction of sp³-hybridized carbons (Fsp3) is 0.812. The molecule has 0 bridgehead atoms. The van der Waals surface area contributed by atoms with Crippen LogP contribution < -0.4 is 5.73 Å². The van der Waals surface area contributed by atoms with Crippen LogP contribution in [-0.4, -0.2) is 23.2 Å². The molecule has 3 nitrogen and oxygen atoms in total. The van der Waals surface area contributed by atoms with Crippen molar-refractivity contribution in [3.05, 3.63) is 16.1 Å². The second-order valence-corrected chi connectivity index (χ2v) is 8.02. The molecular formula is C16H28N2OS. The molecule has 0 aromatic carbocycles. The fourth-order valence-electron chi connectivity index (χ4n) is 3.07. The smallest absolute Gasteiger partial charge is 0.0974 e. The second kappa shape index (κ2) is 6.54. The predicted octanol–water partition coefficient (Wildman–Crippen LogP) is 3.28. The molecule has 0 spiro atoms. The van der Waals surface area contributed by atoms with E-state index in [1.165, 1.54) is 23.5 Å². The minimum Gasteiger partial charge on any atom is -0.396 e. The largest absolute Gasteiger partial charge is 0.396 e. The zero-order valence-corrected chi connectivity index (χ0v) is 13.7. The molecular weight excluding hydrogens is 268 g/mol. The summed E-state index contributed by atoms with van der Waals surface area (Å²) in [6, 6.07) is 0. The number of hydrogen-bond acceptors (Lipinski definition) is 4. The number of nitrogens with zero attached hydrogens (tertiary/aromatic N) is 1. The third-order valence-electron chi connectivity index (χ3n) is 4.58. The van der Waals surface area contributed by atoms with Crippen LogP contribution in [0.2, 0.25) is 0 Å². The Bertz CT molecular complexity index is 416. The Balaban J connectivity index is 2.07. The van der Waals surface area contributed by atoms with E-state index in [4.69, 9.17) is 10.7 Å². The van der Waals surface area contributed by atoms with Crippen LogP contribution in [0.5, 0.6) is 0 Å². The van der Waals surface area contributed by atoms with E-state index in [-0.39, 0.29) is 5.41 Å². The summed E-state index contributed by atoms with van der Waals surface area (Å²) in [4.78, 5) is 4.86. The van der Waals surface area contributed by atoms with Gasteiger partial charge in [0, 0.05) is 29.9 Å². The van der Waals surface area contributed by atoms with Gasteiger partial charge in [-0.2, -0.15) is 0 Å². The van der Waals surface area contributed by atoms with Crippen LogP contribution in [0.3, 0.4) is 0 Å². The Morgan fingerprint density at radius 1 is 1.35 bits per heavy atom. The maximum atomic E-state index is 9.25. The molecule has 1 aliphatic rings. The Kier molecular flexibility index (Phi) is 5.21. The second-order valence-electron chi connectivity index (χ2n) is 7.13. The fourth-order valence-corrected chi connectivity index (χ4v) is 4.32. The molecule has 3 N–H and O–H groups in total. The molecule has 0 saturated heterocycles. The summed E-state index contributed by atoms with van der Waals surface area (Å²) in [5.41, 5.74) is 7.33. The standard InChI is InChI=1S/C16H28N2OS/c1-16(2,3)14-10-20-15(18-14)13(8-17)12-6-4-11(9-19)5-7-12/h10-13,19H,4-9,17H2,1-3H3. The van der Waals surface area contributed by atoms with Crippen molar-refractivity contribution in [3.63, 3.8) is 0 Å². The van der Waals surface area contributed by atoms with Crippen molar-refractivity contribution in [2.75, 3.05) is 13.2 Å². The third-order valence-corrected chi connectivity index (χ3v) is 5.56. The van der Waals surface area contributed by atoms with Crippen LogP contribution >= 0.6 is 11.3 Å². The van der Waals surface area contributed by atoms with Gasteiger partial charge < -0.3 is 10.8 Å². The molecule has 20 heavy (non-hydrogen) atoms. The molecule has 1 saturated carbocycles. The lowest BCUT2D eigenvalue weighted by atomic mass is 9.76. The van der Waals surface area contributed by atoms with E-state index < -0.39 is 0 Å². The highest BCUT2D eigenvalue weighted by molar-refractivity contribution is 7.09. The van der Waals surface area contributed by atoms with Gasteiger partial charge in [0.15, 0.2) is 0 Å². The van der Waals surface area contributed by atoms with Gasteiger partial charge in [-0.05, 0) is 37.5 Å². The van der Waals surface area contributed by atoms with Crippen LogP contribution in [0, 0.1) is 11.8 Å². The highest BCUT2D eigenvalue weighted by Crippen LogP contribution is 2.39. The molecule has 0 radical (unpaired) electrons. The summed E-state index contributed by atoms with van der Waals surface area (Å²) < 4.78 is 0. The number of hydrogen-bond donors (Lipinski definition) is 2. The number of aliphatic hydroxyl groups is 1. The number of aliphatic hydroxyl groups excluding tert-OH is 1. The molecule has 1 atom stereocenters. The topological polar surface area (TPSA) is 59.1 Å². The first kappa shape index (κ1) is 15.9. The van der Waals surface area contributed by atoms with Gasteiger partial charge in [0.2, 0.25) is 0 Å². The monoisotopic (exact) mass is 296 g/mol. The molecule has 1 aliphatic carbocycles. The summed E-state index contributed by atoms with van der Waals surface area (Å²) in [6.07, 6.45) is 4.62. The van der Waals surface area contributed by atoms with Gasteiger partial charge in [-0.15, -0.1) is 11.3 Å². The zero-order valence-electron chi connectivity index (χ0n) is 12.9. The quantitative estimate of drug-likeness (QED) is 0.896. The van der Waals surface area contributed by atoms with Crippen molar-refractivity contribution in [3.8, 4) is 0 Å². The summed E-state index contributed by atoms with van der Waals surface area (Å²) in [5, 5.41) is 12.7. The summed E-state index contributed by atoms with van der Waals surface area (Å²) in [6.45, 7) is 7.64. The Labute approximate surface area is 126 Å². The van der Waals surface area contributed by atoms with E-state index in [2.05, 4.69) is 26.2 Å². The SMILES string of the molecule is CC(C)(C)c1csc(C(CN)C2CCC(CO)CC2)n1. The average molecular weight is 296 g/mol. The zero-order chi connectivity index (χ0) is 14.8. The first-order chi connectivity index (χ1) is 9.45. The van der Waals surface area contributed by atoms with E-state index in [1.807, 2.05) is 0 Å². The van der Waals surface area contributed by atoms with Gasteiger partial charge in [0.25, 0.3) is 0 Å². The highest BCUT2D eigenvalue weighted by Gasteiger charge is 2.30. The Morgan fingerprint density at radius 3 is 2.45 bits per heavy atom. The van der Waals surface area contributed by atoms with Crippen LogP contribution in [0.1, 0.15) is 63.1 Å². The Morgan fingerprint density at radius 2 is 2.00 bits per heavy atom. The van der Waals surface area contributed by atoms with Gasteiger partial charge in [-0.3, -0.25) is 0 Å². The summed E-state index contributed by atoms with van der Waals surface area (Å²) in [5.74, 6) is 1.55. The maximum Gasteiger partial charge on any atom is 0.0974 e. The minimum absolute atomic E-state index is 0.114. The van der Waals surface area contributed by atoms with Crippen LogP contribution in [0.15, 0.2) is 5.38 Å². The van der Waals surface area contributed by atoms with E-state index in [9.17, 15) is 5.11 Å². The molecule has 0 aliphatic heterocycles. The minimum atomic E-state index is 0.114. The van der Waals surface area contributed by atoms with Crippen LogP contribution in [0.4, 0.5) is 0 Å². The number of thiazole rings is 1.